The first kappa shape index (κ1) is 16.1. The van der Waals surface area contributed by atoms with E-state index in [0.29, 0.717) is 5.56 Å². The van der Waals surface area contributed by atoms with Gasteiger partial charge in [0, 0.05) is 16.6 Å². The number of nitrogens with zero attached hydrogens (tertiary/aromatic N) is 2. The predicted octanol–water partition coefficient (Wildman–Crippen LogP) is 4.92. The van der Waals surface area contributed by atoms with Crippen LogP contribution in [0.25, 0.3) is 10.2 Å². The van der Waals surface area contributed by atoms with Crippen LogP contribution in [0, 0.1) is 6.92 Å². The number of amides is 1. The molecule has 1 aromatic heterocycles. The van der Waals surface area contributed by atoms with Crippen LogP contribution in [-0.2, 0) is 6.54 Å². The van der Waals surface area contributed by atoms with Gasteiger partial charge in [-0.25, -0.2) is 0 Å². The number of benzene rings is 2. The molecule has 0 aliphatic carbocycles. The number of thiazole rings is 1. The van der Waals surface area contributed by atoms with Crippen molar-refractivity contribution in [3.05, 3.63) is 62.9 Å². The van der Waals surface area contributed by atoms with Crippen LogP contribution in [0.2, 0.25) is 0 Å². The standard InChI is InChI=1S/C18H17BrN2OS/c1-3-10-21-15-9-4-12(2)11-16(15)23-18(21)20-17(22)13-5-7-14(19)8-6-13/h4-9,11H,3,10H2,1-2H3. The van der Waals surface area contributed by atoms with Crippen molar-refractivity contribution in [2.45, 2.75) is 26.8 Å². The van der Waals surface area contributed by atoms with Crippen molar-refractivity contribution in [1.29, 1.82) is 0 Å². The molecule has 0 saturated heterocycles. The van der Waals surface area contributed by atoms with Crippen molar-refractivity contribution in [3.8, 4) is 0 Å². The molecular formula is C18H17BrN2OS. The van der Waals surface area contributed by atoms with Crippen LogP contribution in [0.1, 0.15) is 29.3 Å². The number of carbonyl (C=O) groups excluding carboxylic acids is 1. The quantitative estimate of drug-likeness (QED) is 0.626. The molecule has 1 amide bonds. The van der Waals surface area contributed by atoms with Gasteiger partial charge in [0.15, 0.2) is 4.80 Å². The van der Waals surface area contributed by atoms with Crippen LogP contribution in [0.15, 0.2) is 51.9 Å². The van der Waals surface area contributed by atoms with Gasteiger partial charge in [0.05, 0.1) is 10.2 Å². The number of carbonyl (C=O) groups is 1. The van der Waals surface area contributed by atoms with E-state index in [0.717, 1.165) is 27.8 Å². The largest absolute Gasteiger partial charge is 0.316 e. The van der Waals surface area contributed by atoms with Gasteiger partial charge in [0.2, 0.25) is 0 Å². The lowest BCUT2D eigenvalue weighted by Gasteiger charge is -2.02. The van der Waals surface area contributed by atoms with Crippen LogP contribution >= 0.6 is 27.3 Å². The zero-order chi connectivity index (χ0) is 16.4. The molecular weight excluding hydrogens is 372 g/mol. The lowest BCUT2D eigenvalue weighted by molar-refractivity contribution is 0.0998. The Hall–Kier alpha value is -1.72. The Labute approximate surface area is 147 Å². The van der Waals surface area contributed by atoms with Gasteiger partial charge >= 0.3 is 0 Å². The molecule has 0 spiro atoms. The van der Waals surface area contributed by atoms with Gasteiger partial charge in [0.1, 0.15) is 0 Å². The molecule has 0 saturated carbocycles. The molecule has 0 aliphatic rings. The van der Waals surface area contributed by atoms with Crippen molar-refractivity contribution < 1.29 is 4.79 Å². The minimum Gasteiger partial charge on any atom is -0.316 e. The highest BCUT2D eigenvalue weighted by atomic mass is 79.9. The molecule has 0 bridgehead atoms. The minimum atomic E-state index is -0.203. The van der Waals surface area contributed by atoms with E-state index >= 15 is 0 Å². The molecule has 3 nitrogen and oxygen atoms in total. The average molecular weight is 389 g/mol. The van der Waals surface area contributed by atoms with Crippen molar-refractivity contribution in [2.75, 3.05) is 0 Å². The molecule has 5 heteroatoms. The lowest BCUT2D eigenvalue weighted by Crippen LogP contribution is -2.16. The fourth-order valence-corrected chi connectivity index (χ4v) is 3.87. The Bertz CT molecular complexity index is 922. The molecule has 1 heterocycles. The van der Waals surface area contributed by atoms with Crippen molar-refractivity contribution in [1.82, 2.24) is 4.57 Å². The van der Waals surface area contributed by atoms with Gasteiger partial charge in [-0.05, 0) is 55.3 Å². The summed E-state index contributed by atoms with van der Waals surface area (Å²) in [4.78, 5) is 17.6. The summed E-state index contributed by atoms with van der Waals surface area (Å²) in [6.07, 6.45) is 0.999. The van der Waals surface area contributed by atoms with E-state index in [-0.39, 0.29) is 5.91 Å². The number of aromatic nitrogens is 1. The van der Waals surface area contributed by atoms with E-state index in [1.165, 1.54) is 10.3 Å². The van der Waals surface area contributed by atoms with E-state index in [4.69, 9.17) is 0 Å². The van der Waals surface area contributed by atoms with Gasteiger partial charge in [-0.2, -0.15) is 4.99 Å². The highest BCUT2D eigenvalue weighted by Crippen LogP contribution is 2.19. The number of fused-ring (bicyclic) bond motifs is 1. The van der Waals surface area contributed by atoms with Crippen LogP contribution in [0.3, 0.4) is 0 Å². The molecule has 118 valence electrons. The number of hydrogen-bond acceptors (Lipinski definition) is 2. The van der Waals surface area contributed by atoms with Crippen LogP contribution in [-0.4, -0.2) is 10.5 Å². The van der Waals surface area contributed by atoms with E-state index < -0.39 is 0 Å². The smallest absolute Gasteiger partial charge is 0.279 e. The Morgan fingerprint density at radius 3 is 2.65 bits per heavy atom. The summed E-state index contributed by atoms with van der Waals surface area (Å²) in [5, 5.41) is 0. The highest BCUT2D eigenvalue weighted by molar-refractivity contribution is 9.10. The first-order valence-corrected chi connectivity index (χ1v) is 9.14. The second-order valence-corrected chi connectivity index (χ2v) is 7.36. The number of aryl methyl sites for hydroxylation is 2. The zero-order valence-corrected chi connectivity index (χ0v) is 15.4. The number of hydrogen-bond donors (Lipinski definition) is 0. The summed E-state index contributed by atoms with van der Waals surface area (Å²) in [6.45, 7) is 5.06. The van der Waals surface area contributed by atoms with E-state index in [1.807, 2.05) is 12.1 Å². The van der Waals surface area contributed by atoms with Gasteiger partial charge in [0.25, 0.3) is 5.91 Å². The topological polar surface area (TPSA) is 34.4 Å². The fraction of sp³-hybridized carbons (Fsp3) is 0.222. The minimum absolute atomic E-state index is 0.203. The fourth-order valence-electron chi connectivity index (χ4n) is 2.45. The Morgan fingerprint density at radius 2 is 1.96 bits per heavy atom. The molecule has 0 atom stereocenters. The van der Waals surface area contributed by atoms with E-state index in [1.54, 1.807) is 23.5 Å². The second-order valence-electron chi connectivity index (χ2n) is 5.43. The third-order valence-electron chi connectivity index (χ3n) is 3.57. The van der Waals surface area contributed by atoms with Crippen LogP contribution < -0.4 is 4.80 Å². The summed E-state index contributed by atoms with van der Waals surface area (Å²) < 4.78 is 4.25. The lowest BCUT2D eigenvalue weighted by atomic mass is 10.2. The third kappa shape index (κ3) is 3.46. The maximum atomic E-state index is 12.4. The SMILES string of the molecule is CCCn1c(=NC(=O)c2ccc(Br)cc2)sc2cc(C)ccc21. The van der Waals surface area contributed by atoms with Crippen LogP contribution in [0.5, 0.6) is 0 Å². The molecule has 0 radical (unpaired) electrons. The number of rotatable bonds is 3. The molecule has 3 aromatic rings. The van der Waals surface area contributed by atoms with Gasteiger partial charge in [-0.15, -0.1) is 0 Å². The molecule has 0 aliphatic heterocycles. The summed E-state index contributed by atoms with van der Waals surface area (Å²) in [7, 11) is 0. The molecule has 0 N–H and O–H groups in total. The Balaban J connectivity index is 2.12. The van der Waals surface area contributed by atoms with E-state index in [2.05, 4.69) is 57.5 Å². The number of halogens is 1. The summed E-state index contributed by atoms with van der Waals surface area (Å²) in [6, 6.07) is 13.7. The van der Waals surface area contributed by atoms with Crippen molar-refractivity contribution in [2.24, 2.45) is 4.99 Å². The molecule has 0 unspecified atom stereocenters. The molecule has 3 rings (SSSR count). The van der Waals surface area contributed by atoms with E-state index in [9.17, 15) is 4.79 Å². The first-order valence-electron chi connectivity index (χ1n) is 7.53. The molecule has 23 heavy (non-hydrogen) atoms. The maximum absolute atomic E-state index is 12.4. The van der Waals surface area contributed by atoms with Gasteiger partial charge in [-0.3, -0.25) is 4.79 Å². The first-order chi connectivity index (χ1) is 11.1. The molecule has 2 aromatic carbocycles. The van der Waals surface area contributed by atoms with Crippen LogP contribution in [0.4, 0.5) is 0 Å². The maximum Gasteiger partial charge on any atom is 0.279 e. The average Bonchev–Trinajstić information content (AvgIpc) is 2.85. The predicted molar refractivity (Wildman–Crippen MR) is 98.9 cm³/mol. The Kier molecular flexibility index (Phi) is 4.78. The van der Waals surface area contributed by atoms with Gasteiger partial charge in [-0.1, -0.05) is 40.3 Å². The summed E-state index contributed by atoms with van der Waals surface area (Å²) in [5.41, 5.74) is 2.96. The highest BCUT2D eigenvalue weighted by Gasteiger charge is 2.09. The monoisotopic (exact) mass is 388 g/mol. The zero-order valence-electron chi connectivity index (χ0n) is 13.0. The normalized spacial score (nSPS) is 12.0. The summed E-state index contributed by atoms with van der Waals surface area (Å²) >= 11 is 4.95. The van der Waals surface area contributed by atoms with Crippen molar-refractivity contribution >= 4 is 43.4 Å². The molecule has 0 fully saturated rings. The Morgan fingerprint density at radius 1 is 1.22 bits per heavy atom. The third-order valence-corrected chi connectivity index (χ3v) is 5.14. The summed E-state index contributed by atoms with van der Waals surface area (Å²) in [5.74, 6) is -0.203. The second kappa shape index (κ2) is 6.81. The van der Waals surface area contributed by atoms with Crippen molar-refractivity contribution in [3.63, 3.8) is 0 Å². The van der Waals surface area contributed by atoms with Gasteiger partial charge < -0.3 is 4.57 Å².